The highest BCUT2D eigenvalue weighted by Crippen LogP contribution is 2.35. The minimum Gasteiger partial charge on any atom is -0.294 e. The minimum absolute atomic E-state index is 0.0724. The number of nitrogens with zero attached hydrogens (tertiary/aromatic N) is 6. The molecule has 7 nitrogen and oxygen atoms in total. The summed E-state index contributed by atoms with van der Waals surface area (Å²) in [6, 6.07) is 5.12. The smallest absolute Gasteiger partial charge is 0.294 e. The molecule has 12 heteroatoms. The van der Waals surface area contributed by atoms with Gasteiger partial charge in [0.25, 0.3) is 5.91 Å². The average Bonchev–Trinajstić information content (AvgIpc) is 3.25. The van der Waals surface area contributed by atoms with Crippen LogP contribution in [0.1, 0.15) is 28.0 Å². The van der Waals surface area contributed by atoms with Gasteiger partial charge < -0.3 is 0 Å². The number of pyridine rings is 1. The molecule has 0 radical (unpaired) electrons. The van der Waals surface area contributed by atoms with Crippen LogP contribution in [-0.2, 0) is 6.18 Å². The molecule has 3 aromatic heterocycles. The van der Waals surface area contributed by atoms with Gasteiger partial charge in [0.05, 0.1) is 11.6 Å². The molecule has 0 fully saturated rings. The number of imidazole rings is 1. The fraction of sp³-hybridized carbons (Fsp3) is 0.267. The van der Waals surface area contributed by atoms with Crippen LogP contribution in [0, 0.1) is 11.3 Å². The Hall–Kier alpha value is -2.65. The number of nitriles is 1. The molecule has 0 spiro atoms. The lowest BCUT2D eigenvalue weighted by Crippen LogP contribution is -2.27. The number of thioether (sulfide) groups is 1. The highest BCUT2D eigenvalue weighted by molar-refractivity contribution is 7.99. The van der Waals surface area contributed by atoms with Crippen LogP contribution in [0.4, 0.5) is 18.3 Å². The molecule has 0 aliphatic rings. The molecule has 0 N–H and O–H groups in total. The molecule has 0 aromatic carbocycles. The van der Waals surface area contributed by atoms with E-state index in [1.807, 2.05) is 13.0 Å². The van der Waals surface area contributed by atoms with Crippen LogP contribution in [0.3, 0.4) is 0 Å². The second kappa shape index (κ2) is 7.16. The Morgan fingerprint density at radius 3 is 2.78 bits per heavy atom. The largest absolute Gasteiger partial charge is 0.445 e. The number of carbonyl (C=O) groups is 1. The summed E-state index contributed by atoms with van der Waals surface area (Å²) < 4.78 is 39.8. The summed E-state index contributed by atoms with van der Waals surface area (Å²) >= 11 is 1.64. The maximum atomic E-state index is 12.9. The van der Waals surface area contributed by atoms with Crippen molar-refractivity contribution in [2.24, 2.45) is 0 Å². The van der Waals surface area contributed by atoms with Crippen molar-refractivity contribution >= 4 is 39.8 Å². The lowest BCUT2D eigenvalue weighted by molar-refractivity contribution is -0.138. The molecule has 27 heavy (non-hydrogen) atoms. The van der Waals surface area contributed by atoms with Crippen molar-refractivity contribution < 1.29 is 18.0 Å². The molecule has 0 saturated carbocycles. The average molecular weight is 412 g/mol. The number of fused-ring (bicyclic) bond motifs is 1. The van der Waals surface area contributed by atoms with Crippen molar-refractivity contribution in [3.05, 3.63) is 34.6 Å². The number of hydrogen-bond donors (Lipinski definition) is 0. The van der Waals surface area contributed by atoms with Gasteiger partial charge >= 0.3 is 6.18 Å². The van der Waals surface area contributed by atoms with Crippen LogP contribution in [0.25, 0.3) is 5.65 Å². The van der Waals surface area contributed by atoms with E-state index in [0.29, 0.717) is 22.0 Å². The maximum Gasteiger partial charge on any atom is 0.445 e. The van der Waals surface area contributed by atoms with Crippen molar-refractivity contribution in [2.75, 3.05) is 17.7 Å². The third-order valence-electron chi connectivity index (χ3n) is 3.44. The van der Waals surface area contributed by atoms with Crippen molar-refractivity contribution in [3.63, 3.8) is 0 Å². The first kappa shape index (κ1) is 19.1. The Morgan fingerprint density at radius 1 is 1.44 bits per heavy atom. The molecular weight excluding hydrogens is 401 g/mol. The van der Waals surface area contributed by atoms with Gasteiger partial charge in [0.2, 0.25) is 10.1 Å². The predicted molar refractivity (Wildman–Crippen MR) is 93.9 cm³/mol. The molecule has 0 aliphatic heterocycles. The molecule has 3 aromatic rings. The third-order valence-corrected chi connectivity index (χ3v) is 5.44. The molecule has 0 bridgehead atoms. The fourth-order valence-corrected chi connectivity index (χ4v) is 3.73. The van der Waals surface area contributed by atoms with E-state index >= 15 is 0 Å². The lowest BCUT2D eigenvalue weighted by Gasteiger charge is -2.12. The number of alkyl halides is 3. The lowest BCUT2D eigenvalue weighted by atomic mass is 10.3. The molecule has 0 aliphatic carbocycles. The maximum absolute atomic E-state index is 12.9. The number of halogens is 3. The number of amides is 1. The number of carbonyl (C=O) groups excluding carboxylic acids is 1. The fourth-order valence-electron chi connectivity index (χ4n) is 2.22. The highest BCUT2D eigenvalue weighted by Gasteiger charge is 2.37. The van der Waals surface area contributed by atoms with Gasteiger partial charge in [-0.25, -0.2) is 4.98 Å². The van der Waals surface area contributed by atoms with E-state index in [1.54, 1.807) is 16.7 Å². The minimum atomic E-state index is -4.63. The Labute approximate surface area is 159 Å². The first-order valence-electron chi connectivity index (χ1n) is 7.50. The van der Waals surface area contributed by atoms with E-state index in [2.05, 4.69) is 15.2 Å². The van der Waals surface area contributed by atoms with E-state index in [1.165, 1.54) is 24.9 Å². The van der Waals surface area contributed by atoms with E-state index in [0.717, 1.165) is 4.90 Å². The van der Waals surface area contributed by atoms with Crippen LogP contribution in [0.5, 0.6) is 0 Å². The van der Waals surface area contributed by atoms with Crippen molar-refractivity contribution in [1.29, 1.82) is 5.26 Å². The molecule has 0 unspecified atom stereocenters. The molecule has 1 amide bonds. The third kappa shape index (κ3) is 3.60. The molecule has 3 heterocycles. The normalized spacial score (nSPS) is 11.6. The van der Waals surface area contributed by atoms with Crippen LogP contribution in [0.2, 0.25) is 0 Å². The monoisotopic (exact) mass is 412 g/mol. The first-order chi connectivity index (χ1) is 12.8. The summed E-state index contributed by atoms with van der Waals surface area (Å²) in [6.45, 7) is 1.89. The van der Waals surface area contributed by atoms with E-state index in [-0.39, 0.29) is 22.2 Å². The van der Waals surface area contributed by atoms with Crippen molar-refractivity contribution in [1.82, 2.24) is 19.6 Å². The molecule has 3 rings (SSSR count). The zero-order chi connectivity index (χ0) is 19.8. The molecule has 140 valence electrons. The van der Waals surface area contributed by atoms with Gasteiger partial charge in [-0.15, -0.1) is 22.0 Å². The van der Waals surface area contributed by atoms with Gasteiger partial charge in [0.1, 0.15) is 10.7 Å². The zero-order valence-electron chi connectivity index (χ0n) is 14.0. The molecule has 0 saturated heterocycles. The number of hydrogen-bond acceptors (Lipinski definition) is 7. The van der Waals surface area contributed by atoms with Gasteiger partial charge in [0, 0.05) is 13.2 Å². The second-order valence-electron chi connectivity index (χ2n) is 5.21. The van der Waals surface area contributed by atoms with Gasteiger partial charge in [-0.05, 0) is 17.9 Å². The van der Waals surface area contributed by atoms with Gasteiger partial charge in [0.15, 0.2) is 5.69 Å². The van der Waals surface area contributed by atoms with Crippen molar-refractivity contribution in [3.8, 4) is 6.07 Å². The Balaban J connectivity index is 2.02. The Morgan fingerprint density at radius 2 is 2.19 bits per heavy atom. The summed E-state index contributed by atoms with van der Waals surface area (Å²) in [5.74, 6) is 0.0347. The summed E-state index contributed by atoms with van der Waals surface area (Å²) in [6.07, 6.45) is -3.00. The summed E-state index contributed by atoms with van der Waals surface area (Å²) in [5.41, 5.74) is 0.852. The van der Waals surface area contributed by atoms with Crippen LogP contribution >= 0.6 is 23.1 Å². The molecular formula is C15H11F3N6OS2. The first-order valence-corrected chi connectivity index (χ1v) is 9.30. The number of rotatable bonds is 4. The van der Waals surface area contributed by atoms with Gasteiger partial charge in [-0.1, -0.05) is 18.3 Å². The number of anilines is 1. The van der Waals surface area contributed by atoms with Gasteiger partial charge in [-0.3, -0.25) is 14.1 Å². The summed E-state index contributed by atoms with van der Waals surface area (Å²) in [4.78, 5) is 18.1. The highest BCUT2D eigenvalue weighted by atomic mass is 32.2. The van der Waals surface area contributed by atoms with Gasteiger partial charge in [-0.2, -0.15) is 18.4 Å². The second-order valence-corrected chi connectivity index (χ2v) is 7.41. The predicted octanol–water partition coefficient (Wildman–Crippen LogP) is 3.46. The van der Waals surface area contributed by atoms with E-state index in [4.69, 9.17) is 5.26 Å². The van der Waals surface area contributed by atoms with Crippen molar-refractivity contribution in [2.45, 2.75) is 18.1 Å². The topological polar surface area (TPSA) is 87.2 Å². The summed E-state index contributed by atoms with van der Waals surface area (Å²) in [5, 5.41) is 14.8. The van der Waals surface area contributed by atoms with Crippen LogP contribution in [-0.4, -0.2) is 38.3 Å². The SMILES string of the molecule is CCSc1c(C(=O)N(C)c2nnc(C(F)(F)F)s2)nc2cc(C#N)ccn12. The van der Waals surface area contributed by atoms with E-state index < -0.39 is 17.1 Å². The van der Waals surface area contributed by atoms with Crippen LogP contribution < -0.4 is 4.90 Å². The van der Waals surface area contributed by atoms with E-state index in [9.17, 15) is 18.0 Å². The zero-order valence-corrected chi connectivity index (χ0v) is 15.6. The number of aromatic nitrogens is 4. The standard InChI is InChI=1S/C15H11F3N6OS2/c1-3-26-12-10(20-9-6-8(7-19)4-5-24(9)12)11(25)23(2)14-22-21-13(27-14)15(16,17)18/h4-6H,3H2,1-2H3. The summed E-state index contributed by atoms with van der Waals surface area (Å²) in [7, 11) is 1.31. The quantitative estimate of drug-likeness (QED) is 0.610. The molecule has 0 atom stereocenters. The Kier molecular flexibility index (Phi) is 5.07. The Bertz CT molecular complexity index is 1050. The van der Waals surface area contributed by atoms with Crippen LogP contribution in [0.15, 0.2) is 23.4 Å².